The molecule has 2 aromatic rings. The van der Waals surface area contributed by atoms with Crippen LogP contribution in [0.5, 0.6) is 11.5 Å². The maximum absolute atomic E-state index is 9.74. The molecule has 2 N–H and O–H groups in total. The van der Waals surface area contributed by atoms with Crippen molar-refractivity contribution in [3.63, 3.8) is 0 Å². The molecule has 3 rings (SSSR count). The van der Waals surface area contributed by atoms with E-state index in [4.69, 9.17) is 9.73 Å². The number of hydrogen-bond donors (Lipinski definition) is 2. The molecule has 1 aliphatic heterocycles. The second kappa shape index (κ2) is 9.42. The van der Waals surface area contributed by atoms with Gasteiger partial charge in [0.1, 0.15) is 11.5 Å². The quantitative estimate of drug-likeness (QED) is 0.625. The van der Waals surface area contributed by atoms with Crippen LogP contribution in [-0.2, 0) is 6.54 Å². The van der Waals surface area contributed by atoms with Gasteiger partial charge >= 0.3 is 0 Å². The number of piperidine rings is 1. The number of nitrogens with one attached hydrogen (secondary N) is 1. The highest BCUT2D eigenvalue weighted by Crippen LogP contribution is 2.26. The summed E-state index contributed by atoms with van der Waals surface area (Å²) in [4.78, 5) is 7.04. The number of para-hydroxylation sites is 1. The maximum Gasteiger partial charge on any atom is 0.194 e. The minimum Gasteiger partial charge on any atom is -0.457 e. The van der Waals surface area contributed by atoms with E-state index in [-0.39, 0.29) is 6.10 Å². The van der Waals surface area contributed by atoms with Gasteiger partial charge in [-0.05, 0) is 44.9 Å². The largest absolute Gasteiger partial charge is 0.457 e. The van der Waals surface area contributed by atoms with Gasteiger partial charge in [0.2, 0.25) is 0 Å². The Labute approximate surface area is 161 Å². The maximum atomic E-state index is 9.74. The zero-order valence-electron chi connectivity index (χ0n) is 16.2. The summed E-state index contributed by atoms with van der Waals surface area (Å²) in [6.07, 6.45) is 1.39. The van der Waals surface area contributed by atoms with Crippen LogP contribution in [0.1, 0.15) is 30.9 Å². The van der Waals surface area contributed by atoms with Gasteiger partial charge in [0.25, 0.3) is 0 Å². The third kappa shape index (κ3) is 5.47. The molecule has 1 aliphatic rings. The molecule has 0 aromatic heterocycles. The van der Waals surface area contributed by atoms with Crippen LogP contribution in [0.4, 0.5) is 0 Å². The molecule has 0 radical (unpaired) electrons. The van der Waals surface area contributed by atoms with Gasteiger partial charge in [-0.2, -0.15) is 0 Å². The van der Waals surface area contributed by atoms with E-state index in [1.807, 2.05) is 42.5 Å². The van der Waals surface area contributed by atoms with E-state index in [1.165, 1.54) is 5.56 Å². The summed E-state index contributed by atoms with van der Waals surface area (Å²) in [5.41, 5.74) is 2.26. The molecule has 0 bridgehead atoms. The summed E-state index contributed by atoms with van der Waals surface area (Å²) >= 11 is 0. The molecule has 0 saturated carbocycles. The van der Waals surface area contributed by atoms with Crippen molar-refractivity contribution in [1.82, 2.24) is 10.2 Å². The average molecular weight is 367 g/mol. The predicted molar refractivity (Wildman–Crippen MR) is 109 cm³/mol. The van der Waals surface area contributed by atoms with Crippen LogP contribution in [0.2, 0.25) is 0 Å². The summed E-state index contributed by atoms with van der Waals surface area (Å²) in [5, 5.41) is 13.1. The summed E-state index contributed by atoms with van der Waals surface area (Å²) in [6.45, 7) is 7.16. The first-order chi connectivity index (χ1) is 13.2. The molecule has 0 atom stereocenters. The SMILES string of the molecule is CCNC(=NCc1ccccc1Oc1ccc(C)cc1)N1CCC(O)CC1. The molecule has 0 amide bonds. The van der Waals surface area contributed by atoms with E-state index in [9.17, 15) is 5.11 Å². The molecule has 1 heterocycles. The summed E-state index contributed by atoms with van der Waals surface area (Å²) < 4.78 is 6.08. The van der Waals surface area contributed by atoms with Gasteiger partial charge in [-0.3, -0.25) is 0 Å². The number of aliphatic hydroxyl groups is 1. The molecule has 1 fully saturated rings. The Kier molecular flexibility index (Phi) is 6.71. The number of rotatable bonds is 5. The van der Waals surface area contributed by atoms with Crippen molar-refractivity contribution in [2.45, 2.75) is 39.3 Å². The number of aliphatic imine (C=N–C) groups is 1. The molecule has 0 aliphatic carbocycles. The molecule has 5 heteroatoms. The van der Waals surface area contributed by atoms with E-state index in [2.05, 4.69) is 30.1 Å². The molecule has 144 valence electrons. The minimum absolute atomic E-state index is 0.187. The molecule has 2 aromatic carbocycles. The number of ether oxygens (including phenoxy) is 1. The van der Waals surface area contributed by atoms with Gasteiger partial charge in [-0.15, -0.1) is 0 Å². The van der Waals surface area contributed by atoms with E-state index in [0.29, 0.717) is 6.54 Å². The van der Waals surface area contributed by atoms with Gasteiger partial charge in [0.15, 0.2) is 5.96 Å². The van der Waals surface area contributed by atoms with Crippen LogP contribution in [0, 0.1) is 6.92 Å². The van der Waals surface area contributed by atoms with E-state index >= 15 is 0 Å². The Hall–Kier alpha value is -2.53. The molecular formula is C22H29N3O2. The number of aliphatic hydroxyl groups excluding tert-OH is 1. The van der Waals surface area contributed by atoms with E-state index < -0.39 is 0 Å². The Morgan fingerprint density at radius 1 is 1.15 bits per heavy atom. The standard InChI is InChI=1S/C22H29N3O2/c1-3-23-22(25-14-12-19(26)13-15-25)24-16-18-6-4-5-7-21(18)27-20-10-8-17(2)9-11-20/h4-11,19,26H,3,12-16H2,1-2H3,(H,23,24). The Morgan fingerprint density at radius 3 is 2.56 bits per heavy atom. The first kappa shape index (κ1) is 19.2. The third-order valence-corrected chi connectivity index (χ3v) is 4.72. The fourth-order valence-electron chi connectivity index (χ4n) is 3.13. The lowest BCUT2D eigenvalue weighted by atomic mass is 10.1. The smallest absolute Gasteiger partial charge is 0.194 e. The molecular weight excluding hydrogens is 338 g/mol. The Morgan fingerprint density at radius 2 is 1.85 bits per heavy atom. The highest BCUT2D eigenvalue weighted by atomic mass is 16.5. The second-order valence-corrected chi connectivity index (χ2v) is 6.91. The number of nitrogens with zero attached hydrogens (tertiary/aromatic N) is 2. The van der Waals surface area contributed by atoms with Crippen molar-refractivity contribution in [2.75, 3.05) is 19.6 Å². The predicted octanol–water partition coefficient (Wildman–Crippen LogP) is 3.71. The van der Waals surface area contributed by atoms with Crippen LogP contribution in [0.15, 0.2) is 53.5 Å². The lowest BCUT2D eigenvalue weighted by Gasteiger charge is -2.32. The molecule has 27 heavy (non-hydrogen) atoms. The molecule has 5 nitrogen and oxygen atoms in total. The van der Waals surface area contributed by atoms with Crippen molar-refractivity contribution in [1.29, 1.82) is 0 Å². The fourth-order valence-corrected chi connectivity index (χ4v) is 3.13. The van der Waals surface area contributed by atoms with Crippen molar-refractivity contribution in [3.8, 4) is 11.5 Å². The Bertz CT molecular complexity index is 750. The second-order valence-electron chi connectivity index (χ2n) is 6.91. The van der Waals surface area contributed by atoms with Gasteiger partial charge in [0, 0.05) is 25.2 Å². The van der Waals surface area contributed by atoms with Crippen LogP contribution in [-0.4, -0.2) is 41.7 Å². The first-order valence-electron chi connectivity index (χ1n) is 9.69. The molecule has 1 saturated heterocycles. The lowest BCUT2D eigenvalue weighted by Crippen LogP contribution is -2.46. The highest BCUT2D eigenvalue weighted by Gasteiger charge is 2.19. The van der Waals surface area contributed by atoms with Crippen LogP contribution in [0.3, 0.4) is 0 Å². The fraction of sp³-hybridized carbons (Fsp3) is 0.409. The monoisotopic (exact) mass is 367 g/mol. The van der Waals surface area contributed by atoms with Crippen LogP contribution >= 0.6 is 0 Å². The summed E-state index contributed by atoms with van der Waals surface area (Å²) in [7, 11) is 0. The summed E-state index contributed by atoms with van der Waals surface area (Å²) in [5.74, 6) is 2.55. The highest BCUT2D eigenvalue weighted by molar-refractivity contribution is 5.80. The first-order valence-corrected chi connectivity index (χ1v) is 9.69. The number of guanidine groups is 1. The van der Waals surface area contributed by atoms with Crippen LogP contribution < -0.4 is 10.1 Å². The number of likely N-dealkylation sites (tertiary alicyclic amines) is 1. The van der Waals surface area contributed by atoms with Crippen LogP contribution in [0.25, 0.3) is 0 Å². The van der Waals surface area contributed by atoms with Gasteiger partial charge in [-0.25, -0.2) is 4.99 Å². The van der Waals surface area contributed by atoms with Crippen molar-refractivity contribution in [2.24, 2.45) is 4.99 Å². The van der Waals surface area contributed by atoms with Gasteiger partial charge < -0.3 is 20.1 Å². The van der Waals surface area contributed by atoms with Crippen molar-refractivity contribution < 1.29 is 9.84 Å². The molecule has 0 unspecified atom stereocenters. The lowest BCUT2D eigenvalue weighted by molar-refractivity contribution is 0.108. The number of benzene rings is 2. The zero-order valence-corrected chi connectivity index (χ0v) is 16.2. The summed E-state index contributed by atoms with van der Waals surface area (Å²) in [6, 6.07) is 16.1. The van der Waals surface area contributed by atoms with E-state index in [1.54, 1.807) is 0 Å². The zero-order chi connectivity index (χ0) is 19.1. The van der Waals surface area contributed by atoms with E-state index in [0.717, 1.165) is 55.5 Å². The minimum atomic E-state index is -0.187. The van der Waals surface area contributed by atoms with Crippen molar-refractivity contribution in [3.05, 3.63) is 59.7 Å². The van der Waals surface area contributed by atoms with Gasteiger partial charge in [-0.1, -0.05) is 35.9 Å². The molecule has 0 spiro atoms. The Balaban J connectivity index is 1.73. The number of aryl methyl sites for hydroxylation is 1. The topological polar surface area (TPSA) is 57.1 Å². The average Bonchev–Trinajstić information content (AvgIpc) is 2.69. The normalized spacial score (nSPS) is 15.7. The van der Waals surface area contributed by atoms with Gasteiger partial charge in [0.05, 0.1) is 12.6 Å². The third-order valence-electron chi connectivity index (χ3n) is 4.72. The number of hydrogen-bond acceptors (Lipinski definition) is 3. The van der Waals surface area contributed by atoms with Crippen molar-refractivity contribution >= 4 is 5.96 Å².